The molecular weight excluding hydrogens is 288 g/mol. The van der Waals surface area contributed by atoms with Crippen LogP contribution in [0.1, 0.15) is 35.4 Å². The van der Waals surface area contributed by atoms with Gasteiger partial charge in [0.1, 0.15) is 6.10 Å². The van der Waals surface area contributed by atoms with E-state index in [0.717, 1.165) is 6.07 Å². The Morgan fingerprint density at radius 3 is 2.55 bits per heavy atom. The molecule has 0 bridgehead atoms. The molecule has 0 saturated heterocycles. The van der Waals surface area contributed by atoms with Crippen LogP contribution in [0.5, 0.6) is 0 Å². The molecule has 0 aromatic heterocycles. The van der Waals surface area contributed by atoms with Crippen LogP contribution < -0.4 is 0 Å². The number of benzene rings is 1. The van der Waals surface area contributed by atoms with E-state index in [2.05, 4.69) is 4.74 Å². The van der Waals surface area contributed by atoms with Crippen molar-refractivity contribution in [1.29, 1.82) is 0 Å². The van der Waals surface area contributed by atoms with Gasteiger partial charge in [0, 0.05) is 0 Å². The molecule has 20 heavy (non-hydrogen) atoms. The van der Waals surface area contributed by atoms with Gasteiger partial charge in [-0.1, -0.05) is 17.7 Å². The maximum absolute atomic E-state index is 11.2. The number of aromatic carboxylic acids is 1. The molecule has 0 aliphatic rings. The number of aliphatic hydroxyl groups is 2. The van der Waals surface area contributed by atoms with E-state index >= 15 is 0 Å². The molecule has 0 aliphatic heterocycles. The molecule has 0 spiro atoms. The van der Waals surface area contributed by atoms with Crippen molar-refractivity contribution in [2.75, 3.05) is 6.61 Å². The lowest BCUT2D eigenvalue weighted by Gasteiger charge is -2.18. The summed E-state index contributed by atoms with van der Waals surface area (Å²) in [7, 11) is 0. The van der Waals surface area contributed by atoms with Crippen molar-refractivity contribution in [3.63, 3.8) is 0 Å². The number of ether oxygens (including phenoxy) is 1. The van der Waals surface area contributed by atoms with Gasteiger partial charge in [-0.25, -0.2) is 4.79 Å². The molecule has 6 nitrogen and oxygen atoms in total. The molecule has 3 N–H and O–H groups in total. The Balaban J connectivity index is 2.86. The van der Waals surface area contributed by atoms with Crippen molar-refractivity contribution < 1.29 is 29.6 Å². The fourth-order valence-electron chi connectivity index (χ4n) is 1.62. The third-order valence-corrected chi connectivity index (χ3v) is 2.94. The summed E-state index contributed by atoms with van der Waals surface area (Å²) in [4.78, 5) is 22.1. The molecule has 1 aromatic carbocycles. The quantitative estimate of drug-likeness (QED) is 0.686. The molecule has 0 heterocycles. The molecule has 2 atom stereocenters. The number of carboxylic acid groups (broad SMARTS) is 1. The third-order valence-electron chi connectivity index (χ3n) is 2.61. The van der Waals surface area contributed by atoms with Gasteiger partial charge in [-0.15, -0.1) is 0 Å². The van der Waals surface area contributed by atoms with E-state index in [1.807, 2.05) is 0 Å². The number of esters is 1. The number of carboxylic acids is 1. The number of carbonyl (C=O) groups is 2. The van der Waals surface area contributed by atoms with E-state index in [0.29, 0.717) is 0 Å². The molecule has 2 unspecified atom stereocenters. The minimum atomic E-state index is -1.41. The molecule has 0 fully saturated rings. The highest BCUT2D eigenvalue weighted by atomic mass is 35.5. The maximum atomic E-state index is 11.2. The molecule has 1 aromatic rings. The first kappa shape index (κ1) is 16.4. The minimum Gasteiger partial charge on any atom is -0.478 e. The van der Waals surface area contributed by atoms with Gasteiger partial charge in [0.15, 0.2) is 0 Å². The second-order valence-electron chi connectivity index (χ2n) is 4.07. The Labute approximate surface area is 120 Å². The Hall–Kier alpha value is -1.63. The van der Waals surface area contributed by atoms with E-state index in [-0.39, 0.29) is 29.2 Å². The zero-order chi connectivity index (χ0) is 15.3. The lowest BCUT2D eigenvalue weighted by atomic mass is 10.00. The second-order valence-corrected chi connectivity index (χ2v) is 4.47. The predicted molar refractivity (Wildman–Crippen MR) is 70.6 cm³/mol. The largest absolute Gasteiger partial charge is 0.478 e. The Kier molecular flexibility index (Phi) is 5.94. The summed E-state index contributed by atoms with van der Waals surface area (Å²) in [5, 5.41) is 28.6. The van der Waals surface area contributed by atoms with E-state index in [4.69, 9.17) is 16.7 Å². The molecule has 0 aliphatic carbocycles. The van der Waals surface area contributed by atoms with Crippen LogP contribution in [0.2, 0.25) is 5.02 Å². The first-order valence-corrected chi connectivity index (χ1v) is 6.29. The van der Waals surface area contributed by atoms with Crippen molar-refractivity contribution in [2.45, 2.75) is 25.6 Å². The molecule has 0 saturated carbocycles. The third kappa shape index (κ3) is 4.19. The predicted octanol–water partition coefficient (Wildman–Crippen LogP) is 1.39. The smallest absolute Gasteiger partial charge is 0.337 e. The number of hydrogen-bond donors (Lipinski definition) is 3. The van der Waals surface area contributed by atoms with E-state index in [9.17, 15) is 19.8 Å². The van der Waals surface area contributed by atoms with Gasteiger partial charge in [0.05, 0.1) is 29.7 Å². The number of carbonyl (C=O) groups excluding carboxylic acids is 1. The summed E-state index contributed by atoms with van der Waals surface area (Å²) in [6.07, 6.45) is -3.19. The SMILES string of the molecule is CCOC(=O)CC(O)C(O)c1ccc(Cl)c(C(=O)O)c1. The van der Waals surface area contributed by atoms with Gasteiger partial charge in [0.2, 0.25) is 0 Å². The number of halogens is 1. The van der Waals surface area contributed by atoms with Crippen LogP contribution in [0.25, 0.3) is 0 Å². The van der Waals surface area contributed by atoms with Gasteiger partial charge in [-0.05, 0) is 24.6 Å². The summed E-state index contributed by atoms with van der Waals surface area (Å²) in [6, 6.07) is 3.85. The highest BCUT2D eigenvalue weighted by molar-refractivity contribution is 6.33. The Bertz CT molecular complexity index is 502. The van der Waals surface area contributed by atoms with Crippen LogP contribution in [0.15, 0.2) is 18.2 Å². The van der Waals surface area contributed by atoms with Crippen LogP contribution >= 0.6 is 11.6 Å². The van der Waals surface area contributed by atoms with Crippen LogP contribution in [0.4, 0.5) is 0 Å². The van der Waals surface area contributed by atoms with Crippen molar-refractivity contribution in [3.05, 3.63) is 34.3 Å². The van der Waals surface area contributed by atoms with Crippen LogP contribution in [-0.2, 0) is 9.53 Å². The van der Waals surface area contributed by atoms with Crippen LogP contribution in [0, 0.1) is 0 Å². The van der Waals surface area contributed by atoms with Crippen molar-refractivity contribution in [3.8, 4) is 0 Å². The summed E-state index contributed by atoms with van der Waals surface area (Å²) in [6.45, 7) is 1.80. The van der Waals surface area contributed by atoms with E-state index < -0.39 is 24.1 Å². The van der Waals surface area contributed by atoms with Gasteiger partial charge in [-0.2, -0.15) is 0 Å². The molecule has 0 amide bonds. The summed E-state index contributed by atoms with van der Waals surface area (Å²) < 4.78 is 4.65. The van der Waals surface area contributed by atoms with Gasteiger partial charge in [-0.3, -0.25) is 4.79 Å². The average Bonchev–Trinajstić information content (AvgIpc) is 2.38. The Morgan fingerprint density at radius 2 is 2.00 bits per heavy atom. The minimum absolute atomic E-state index is 0.0216. The summed E-state index contributed by atoms with van der Waals surface area (Å²) >= 11 is 5.70. The lowest BCUT2D eigenvalue weighted by Crippen LogP contribution is -2.23. The lowest BCUT2D eigenvalue weighted by molar-refractivity contribution is -0.147. The molecule has 110 valence electrons. The highest BCUT2D eigenvalue weighted by Gasteiger charge is 2.23. The number of hydrogen-bond acceptors (Lipinski definition) is 5. The monoisotopic (exact) mass is 302 g/mol. The Morgan fingerprint density at radius 1 is 1.35 bits per heavy atom. The highest BCUT2D eigenvalue weighted by Crippen LogP contribution is 2.24. The number of aliphatic hydroxyl groups excluding tert-OH is 2. The average molecular weight is 303 g/mol. The van der Waals surface area contributed by atoms with Crippen molar-refractivity contribution in [2.24, 2.45) is 0 Å². The van der Waals surface area contributed by atoms with Crippen molar-refractivity contribution in [1.82, 2.24) is 0 Å². The summed E-state index contributed by atoms with van der Waals surface area (Å²) in [5.74, 6) is -1.89. The first-order chi connectivity index (χ1) is 9.36. The zero-order valence-corrected chi connectivity index (χ0v) is 11.5. The zero-order valence-electron chi connectivity index (χ0n) is 10.7. The molecular formula is C13H15ClO6. The molecule has 0 radical (unpaired) electrons. The van der Waals surface area contributed by atoms with E-state index in [1.54, 1.807) is 6.92 Å². The van der Waals surface area contributed by atoms with Crippen LogP contribution in [0.3, 0.4) is 0 Å². The van der Waals surface area contributed by atoms with Gasteiger partial charge < -0.3 is 20.1 Å². The van der Waals surface area contributed by atoms with Crippen molar-refractivity contribution >= 4 is 23.5 Å². The standard InChI is InChI=1S/C13H15ClO6/c1-2-20-11(16)6-10(15)12(17)7-3-4-9(14)8(5-7)13(18)19/h3-5,10,12,15,17H,2,6H2,1H3,(H,18,19). The molecule has 7 heteroatoms. The normalized spacial score (nSPS) is 13.6. The van der Waals surface area contributed by atoms with Crippen LogP contribution in [-0.4, -0.2) is 40.0 Å². The fraction of sp³-hybridized carbons (Fsp3) is 0.385. The van der Waals surface area contributed by atoms with E-state index in [1.165, 1.54) is 12.1 Å². The first-order valence-electron chi connectivity index (χ1n) is 5.91. The van der Waals surface area contributed by atoms with Gasteiger partial charge in [0.25, 0.3) is 0 Å². The molecule has 1 rings (SSSR count). The number of rotatable bonds is 6. The fourth-order valence-corrected chi connectivity index (χ4v) is 1.81. The summed E-state index contributed by atoms with van der Waals surface area (Å²) in [5.41, 5.74) is -0.0323. The van der Waals surface area contributed by atoms with Gasteiger partial charge >= 0.3 is 11.9 Å². The maximum Gasteiger partial charge on any atom is 0.337 e. The topological polar surface area (TPSA) is 104 Å². The second kappa shape index (κ2) is 7.23.